The van der Waals surface area contributed by atoms with Gasteiger partial charge in [0.15, 0.2) is 0 Å². The van der Waals surface area contributed by atoms with E-state index < -0.39 is 12.0 Å². The van der Waals surface area contributed by atoms with E-state index in [1.807, 2.05) is 12.1 Å². The van der Waals surface area contributed by atoms with Crippen molar-refractivity contribution in [3.63, 3.8) is 0 Å². The molecule has 5 nitrogen and oxygen atoms in total. The van der Waals surface area contributed by atoms with E-state index in [-0.39, 0.29) is 17.8 Å². The first kappa shape index (κ1) is 22.8. The van der Waals surface area contributed by atoms with Crippen molar-refractivity contribution in [3.8, 4) is 11.5 Å². The zero-order chi connectivity index (χ0) is 19.3. The number of carboxylic acid groups (broad SMARTS) is 1. The van der Waals surface area contributed by atoms with E-state index in [0.717, 1.165) is 50.5 Å². The van der Waals surface area contributed by atoms with Crippen molar-refractivity contribution in [2.45, 2.75) is 70.3 Å². The topological polar surface area (TPSA) is 59.0 Å². The van der Waals surface area contributed by atoms with E-state index in [9.17, 15) is 9.90 Å². The number of rotatable bonds is 9. The van der Waals surface area contributed by atoms with Gasteiger partial charge in [-0.05, 0) is 57.5 Å². The Balaban J connectivity index is 0.00000280. The lowest BCUT2D eigenvalue weighted by atomic mass is 9.74. The number of halogens is 1. The van der Waals surface area contributed by atoms with E-state index in [4.69, 9.17) is 9.47 Å². The molecule has 2 aliphatic heterocycles. The maximum Gasteiger partial charge on any atom is 0.320 e. The Morgan fingerprint density at radius 2 is 1.96 bits per heavy atom. The van der Waals surface area contributed by atoms with Crippen molar-refractivity contribution >= 4 is 18.4 Å². The van der Waals surface area contributed by atoms with E-state index in [1.54, 1.807) is 6.92 Å². The predicted molar refractivity (Wildman–Crippen MR) is 113 cm³/mol. The van der Waals surface area contributed by atoms with Crippen LogP contribution in [0.1, 0.15) is 64.4 Å². The second-order valence-corrected chi connectivity index (χ2v) is 8.04. The molecule has 3 rings (SSSR count). The number of ether oxygens (including phenoxy) is 2. The number of likely N-dealkylation sites (tertiary alicyclic amines) is 1. The fourth-order valence-electron chi connectivity index (χ4n) is 4.24. The van der Waals surface area contributed by atoms with Crippen molar-refractivity contribution in [2.24, 2.45) is 0 Å². The number of unbranched alkanes of at least 4 members (excludes halogenated alkanes) is 4. The summed E-state index contributed by atoms with van der Waals surface area (Å²) in [5, 5.41) is 9.25. The van der Waals surface area contributed by atoms with Gasteiger partial charge in [-0.2, -0.15) is 0 Å². The number of hydrogen-bond acceptors (Lipinski definition) is 4. The summed E-state index contributed by atoms with van der Waals surface area (Å²) in [6, 6.07) is 5.77. The van der Waals surface area contributed by atoms with Crippen molar-refractivity contribution in [2.75, 3.05) is 26.3 Å². The molecule has 0 radical (unpaired) electrons. The Kier molecular flexibility index (Phi) is 8.44. The first-order valence-corrected chi connectivity index (χ1v) is 10.4. The number of aliphatic carboxylic acids is 1. The maximum absolute atomic E-state index is 11.3. The number of piperidine rings is 1. The Bertz CT molecular complexity index is 643. The Morgan fingerprint density at radius 1 is 1.25 bits per heavy atom. The quantitative estimate of drug-likeness (QED) is 0.599. The summed E-state index contributed by atoms with van der Waals surface area (Å²) in [7, 11) is 0. The number of carbonyl (C=O) groups is 1. The molecule has 158 valence electrons. The molecule has 0 aromatic heterocycles. The zero-order valence-electron chi connectivity index (χ0n) is 17.1. The molecule has 0 bridgehead atoms. The van der Waals surface area contributed by atoms with Crippen molar-refractivity contribution in [3.05, 3.63) is 23.8 Å². The molecular formula is C22H34ClNO4. The molecule has 1 spiro atoms. The minimum absolute atomic E-state index is 0. The summed E-state index contributed by atoms with van der Waals surface area (Å²) < 4.78 is 12.0. The van der Waals surface area contributed by atoms with E-state index in [0.29, 0.717) is 6.61 Å². The van der Waals surface area contributed by atoms with Crippen LogP contribution < -0.4 is 9.47 Å². The summed E-state index contributed by atoms with van der Waals surface area (Å²) in [6.07, 6.45) is 8.03. The molecule has 1 N–H and O–H groups in total. The molecular weight excluding hydrogens is 378 g/mol. The van der Waals surface area contributed by atoms with Gasteiger partial charge >= 0.3 is 5.97 Å². The van der Waals surface area contributed by atoms with Crippen molar-refractivity contribution in [1.82, 2.24) is 4.90 Å². The zero-order valence-corrected chi connectivity index (χ0v) is 17.9. The number of fused-ring (bicyclic) bond motifs is 2. The van der Waals surface area contributed by atoms with Crippen LogP contribution in [0.2, 0.25) is 0 Å². The average Bonchev–Trinajstić information content (AvgIpc) is 3.02. The molecule has 1 unspecified atom stereocenters. The molecule has 1 saturated heterocycles. The minimum atomic E-state index is -0.747. The average molecular weight is 412 g/mol. The van der Waals surface area contributed by atoms with Gasteiger partial charge in [0.25, 0.3) is 0 Å². The van der Waals surface area contributed by atoms with Gasteiger partial charge in [0.2, 0.25) is 0 Å². The van der Waals surface area contributed by atoms with Crippen molar-refractivity contribution in [1.29, 1.82) is 0 Å². The highest BCUT2D eigenvalue weighted by atomic mass is 35.5. The van der Waals surface area contributed by atoms with Gasteiger partial charge in [0.1, 0.15) is 17.5 Å². The first-order valence-electron chi connectivity index (χ1n) is 10.4. The third-order valence-corrected chi connectivity index (χ3v) is 6.20. The lowest BCUT2D eigenvalue weighted by molar-refractivity contribution is -0.143. The van der Waals surface area contributed by atoms with Crippen LogP contribution in [0.3, 0.4) is 0 Å². The molecule has 2 heterocycles. The number of benzene rings is 1. The largest absolute Gasteiger partial charge is 0.494 e. The van der Waals surface area contributed by atoms with E-state index >= 15 is 0 Å². The van der Waals surface area contributed by atoms with Gasteiger partial charge in [-0.1, -0.05) is 32.6 Å². The Hall–Kier alpha value is -1.46. The molecule has 28 heavy (non-hydrogen) atoms. The third kappa shape index (κ3) is 5.12. The predicted octanol–water partition coefficient (Wildman–Crippen LogP) is 4.66. The van der Waals surface area contributed by atoms with Gasteiger partial charge in [-0.3, -0.25) is 9.69 Å². The molecule has 1 fully saturated rings. The van der Waals surface area contributed by atoms with Crippen LogP contribution in [0.4, 0.5) is 0 Å². The third-order valence-electron chi connectivity index (χ3n) is 6.20. The highest BCUT2D eigenvalue weighted by molar-refractivity contribution is 5.85. The molecule has 0 amide bonds. The van der Waals surface area contributed by atoms with Crippen LogP contribution in [0.25, 0.3) is 0 Å². The summed E-state index contributed by atoms with van der Waals surface area (Å²) >= 11 is 0. The van der Waals surface area contributed by atoms with Crippen LogP contribution in [0.15, 0.2) is 18.2 Å². The van der Waals surface area contributed by atoms with Crippen LogP contribution in [0.5, 0.6) is 11.5 Å². The molecule has 1 aromatic carbocycles. The number of carboxylic acids is 1. The van der Waals surface area contributed by atoms with Crippen LogP contribution in [0, 0.1) is 0 Å². The normalized spacial score (nSPS) is 18.8. The van der Waals surface area contributed by atoms with Gasteiger partial charge in [0.05, 0.1) is 13.2 Å². The van der Waals surface area contributed by atoms with Gasteiger partial charge < -0.3 is 14.6 Å². The molecule has 2 aliphatic rings. The standard InChI is InChI=1S/C22H33NO4.ClH/c1-3-4-5-6-7-14-26-18-8-9-20-19(15-18)22(16-27-20)10-12-23(13-11-22)17(2)21(24)25;/h8-9,15,17H,3-7,10-14,16H2,1-2H3,(H,24,25);1H. The lowest BCUT2D eigenvalue weighted by Gasteiger charge is -2.40. The SMILES string of the molecule is CCCCCCCOc1ccc2c(c1)C1(CCN(C(C)C(=O)O)CC1)CO2.Cl. The van der Waals surface area contributed by atoms with Gasteiger partial charge in [-0.25, -0.2) is 0 Å². The second kappa shape index (κ2) is 10.4. The van der Waals surface area contributed by atoms with Crippen LogP contribution >= 0.6 is 12.4 Å². The lowest BCUT2D eigenvalue weighted by Crippen LogP contribution is -2.49. The Morgan fingerprint density at radius 3 is 2.64 bits per heavy atom. The molecule has 1 atom stereocenters. The number of hydrogen-bond donors (Lipinski definition) is 1. The summed E-state index contributed by atoms with van der Waals surface area (Å²) in [5.41, 5.74) is 1.25. The van der Waals surface area contributed by atoms with Crippen molar-refractivity contribution < 1.29 is 19.4 Å². The van der Waals surface area contributed by atoms with Crippen LogP contribution in [-0.2, 0) is 10.2 Å². The summed E-state index contributed by atoms with van der Waals surface area (Å²) in [5.74, 6) is 1.14. The van der Waals surface area contributed by atoms with E-state index in [2.05, 4.69) is 17.9 Å². The van der Waals surface area contributed by atoms with Gasteiger partial charge in [-0.15, -0.1) is 12.4 Å². The summed E-state index contributed by atoms with van der Waals surface area (Å²) in [6.45, 7) is 7.04. The fourth-order valence-corrected chi connectivity index (χ4v) is 4.24. The molecule has 1 aromatic rings. The molecule has 6 heteroatoms. The van der Waals surface area contributed by atoms with Gasteiger partial charge in [0, 0.05) is 11.0 Å². The highest BCUT2D eigenvalue weighted by Gasteiger charge is 2.44. The Labute approximate surface area is 174 Å². The second-order valence-electron chi connectivity index (χ2n) is 8.04. The monoisotopic (exact) mass is 411 g/mol. The van der Waals surface area contributed by atoms with Crippen LogP contribution in [-0.4, -0.2) is 48.3 Å². The maximum atomic E-state index is 11.3. The first-order chi connectivity index (χ1) is 13.1. The highest BCUT2D eigenvalue weighted by Crippen LogP contribution is 2.47. The van der Waals surface area contributed by atoms with E-state index in [1.165, 1.54) is 31.2 Å². The summed E-state index contributed by atoms with van der Waals surface area (Å²) in [4.78, 5) is 13.3. The molecule has 0 aliphatic carbocycles. The minimum Gasteiger partial charge on any atom is -0.494 e. The smallest absolute Gasteiger partial charge is 0.320 e. The number of nitrogens with zero attached hydrogens (tertiary/aromatic N) is 1. The fraction of sp³-hybridized carbons (Fsp3) is 0.682. The molecule has 0 saturated carbocycles.